The molecule has 3 aromatic carbocycles. The van der Waals surface area contributed by atoms with E-state index in [9.17, 15) is 5.11 Å². The van der Waals surface area contributed by atoms with Gasteiger partial charge in [0.25, 0.3) is 0 Å². The van der Waals surface area contributed by atoms with Gasteiger partial charge in [-0.05, 0) is 60.7 Å². The summed E-state index contributed by atoms with van der Waals surface area (Å²) >= 11 is 6.56. The van der Waals surface area contributed by atoms with Crippen LogP contribution in [-0.2, 0) is 26.1 Å². The minimum absolute atomic E-state index is 0.0603. The van der Waals surface area contributed by atoms with E-state index in [-0.39, 0.29) is 6.61 Å². The van der Waals surface area contributed by atoms with Crippen molar-refractivity contribution in [2.75, 3.05) is 26.9 Å². The van der Waals surface area contributed by atoms with Gasteiger partial charge in [-0.15, -0.1) is 5.10 Å². The minimum Gasteiger partial charge on any atom is -0.496 e. The first-order chi connectivity index (χ1) is 20.8. The van der Waals surface area contributed by atoms with Gasteiger partial charge in [0, 0.05) is 50.3 Å². The highest BCUT2D eigenvalue weighted by Gasteiger charge is 2.14. The molecule has 0 aliphatic rings. The van der Waals surface area contributed by atoms with Gasteiger partial charge in [0.15, 0.2) is 0 Å². The van der Waals surface area contributed by atoms with Crippen molar-refractivity contribution in [3.05, 3.63) is 87.7 Å². The molecule has 0 amide bonds. The number of aliphatic hydroxyl groups is 2. The van der Waals surface area contributed by atoms with Gasteiger partial charge in [-0.2, -0.15) is 0 Å². The van der Waals surface area contributed by atoms with E-state index in [1.807, 2.05) is 30.5 Å². The summed E-state index contributed by atoms with van der Waals surface area (Å²) in [6, 6.07) is 16.0. The zero-order valence-electron chi connectivity index (χ0n) is 25.3. The minimum atomic E-state index is -0.438. The summed E-state index contributed by atoms with van der Waals surface area (Å²) in [5.74, 6) is 2.07. The number of halogens is 1. The smallest absolute Gasteiger partial charge is 0.142 e. The van der Waals surface area contributed by atoms with Crippen LogP contribution in [0.15, 0.2) is 54.7 Å². The Bertz CT molecular complexity index is 1490. The Hall–Kier alpha value is -3.63. The van der Waals surface area contributed by atoms with Gasteiger partial charge in [-0.1, -0.05) is 47.1 Å². The van der Waals surface area contributed by atoms with Crippen LogP contribution in [0.4, 0.5) is 0 Å². The lowest BCUT2D eigenvalue weighted by Crippen LogP contribution is -2.18. The number of aromatic nitrogens is 3. The predicted octanol–water partition coefficient (Wildman–Crippen LogP) is 5.28. The van der Waals surface area contributed by atoms with Crippen LogP contribution in [0.2, 0.25) is 5.02 Å². The monoisotopic (exact) mass is 608 g/mol. The van der Waals surface area contributed by atoms with Gasteiger partial charge >= 0.3 is 0 Å². The number of rotatable bonds is 16. The SMILES string of the molecule is COc1cc(OCc2cccc(-c3cccc(OCCCn4cc(CC(C)O)nn4)c3C)c2C)c(Cl)cc1CNCCO. The summed E-state index contributed by atoms with van der Waals surface area (Å²) in [6.07, 6.45) is 2.71. The van der Waals surface area contributed by atoms with Crippen LogP contribution in [0.3, 0.4) is 0 Å². The maximum Gasteiger partial charge on any atom is 0.142 e. The number of hydrogen-bond acceptors (Lipinski definition) is 8. The average molecular weight is 609 g/mol. The van der Waals surface area contributed by atoms with Gasteiger partial charge in [-0.25, -0.2) is 0 Å². The zero-order valence-corrected chi connectivity index (χ0v) is 26.0. The third-order valence-electron chi connectivity index (χ3n) is 7.22. The second kappa shape index (κ2) is 15.7. The molecule has 43 heavy (non-hydrogen) atoms. The Morgan fingerprint density at radius 1 is 0.977 bits per heavy atom. The topological polar surface area (TPSA) is 111 Å². The van der Waals surface area contributed by atoms with E-state index in [0.717, 1.165) is 51.2 Å². The Kier molecular flexibility index (Phi) is 11.8. The molecule has 230 valence electrons. The van der Waals surface area contributed by atoms with Crippen LogP contribution >= 0.6 is 11.6 Å². The number of nitrogens with zero attached hydrogens (tertiary/aromatic N) is 3. The molecule has 1 aromatic heterocycles. The van der Waals surface area contributed by atoms with Gasteiger partial charge < -0.3 is 29.7 Å². The molecule has 10 heteroatoms. The van der Waals surface area contributed by atoms with Gasteiger partial charge in [-0.3, -0.25) is 4.68 Å². The third-order valence-corrected chi connectivity index (χ3v) is 7.52. The van der Waals surface area contributed by atoms with Crippen molar-refractivity contribution in [1.82, 2.24) is 20.3 Å². The highest BCUT2D eigenvalue weighted by atomic mass is 35.5. The predicted molar refractivity (Wildman–Crippen MR) is 168 cm³/mol. The van der Waals surface area contributed by atoms with Crippen molar-refractivity contribution < 1.29 is 24.4 Å². The zero-order chi connectivity index (χ0) is 30.8. The molecule has 0 spiro atoms. The lowest BCUT2D eigenvalue weighted by Gasteiger charge is -2.18. The molecule has 0 bridgehead atoms. The molecule has 9 nitrogen and oxygen atoms in total. The molecular formula is C33H41ClN4O5. The maximum absolute atomic E-state index is 9.54. The standard InChI is InChI=1S/C33H41ClN4O5/c1-22(40)16-27-20-38(37-36-27)13-7-15-42-31-11-6-10-29(24(31)3)28-9-5-8-25(23(28)2)21-43-33-18-32(41-4)26(17-30(33)34)19-35-12-14-39/h5-6,8-11,17-18,20,22,35,39-40H,7,12-16,19,21H2,1-4H3. The summed E-state index contributed by atoms with van der Waals surface area (Å²) in [5, 5.41) is 30.5. The second-order valence-corrected chi connectivity index (χ2v) is 10.9. The molecule has 1 atom stereocenters. The maximum atomic E-state index is 9.54. The van der Waals surface area contributed by atoms with E-state index < -0.39 is 6.10 Å². The molecule has 1 heterocycles. The molecule has 1 unspecified atom stereocenters. The van der Waals surface area contributed by atoms with Crippen LogP contribution in [0.5, 0.6) is 17.2 Å². The van der Waals surface area contributed by atoms with Crippen molar-refractivity contribution in [2.24, 2.45) is 0 Å². The van der Waals surface area contributed by atoms with Crippen molar-refractivity contribution in [2.45, 2.75) is 59.4 Å². The molecule has 0 aliphatic heterocycles. The van der Waals surface area contributed by atoms with E-state index >= 15 is 0 Å². The fourth-order valence-electron chi connectivity index (χ4n) is 4.92. The number of methoxy groups -OCH3 is 1. The summed E-state index contributed by atoms with van der Waals surface area (Å²) in [4.78, 5) is 0. The lowest BCUT2D eigenvalue weighted by atomic mass is 9.93. The molecule has 0 fully saturated rings. The summed E-state index contributed by atoms with van der Waals surface area (Å²) < 4.78 is 19.7. The lowest BCUT2D eigenvalue weighted by molar-refractivity contribution is 0.194. The van der Waals surface area contributed by atoms with E-state index in [2.05, 4.69) is 47.7 Å². The number of ether oxygens (including phenoxy) is 3. The van der Waals surface area contributed by atoms with Gasteiger partial charge in [0.1, 0.15) is 23.9 Å². The van der Waals surface area contributed by atoms with Gasteiger partial charge in [0.2, 0.25) is 0 Å². The first kappa shape index (κ1) is 32.3. The first-order valence-corrected chi connectivity index (χ1v) is 14.9. The van der Waals surface area contributed by atoms with Crippen molar-refractivity contribution in [3.63, 3.8) is 0 Å². The molecule has 0 saturated heterocycles. The number of hydrogen-bond donors (Lipinski definition) is 3. The summed E-state index contributed by atoms with van der Waals surface area (Å²) in [6.45, 7) is 8.57. The Labute approximate surface area is 258 Å². The molecule has 0 saturated carbocycles. The Balaban J connectivity index is 1.41. The van der Waals surface area contributed by atoms with Crippen molar-refractivity contribution >= 4 is 11.6 Å². The van der Waals surface area contributed by atoms with E-state index in [0.29, 0.717) is 55.8 Å². The van der Waals surface area contributed by atoms with E-state index in [4.69, 9.17) is 30.9 Å². The molecule has 3 N–H and O–H groups in total. The summed E-state index contributed by atoms with van der Waals surface area (Å²) in [5.41, 5.74) is 7.14. The number of benzene rings is 3. The number of aliphatic hydroxyl groups excluding tert-OH is 2. The molecule has 4 rings (SSSR count). The van der Waals surface area contributed by atoms with E-state index in [1.54, 1.807) is 24.8 Å². The van der Waals surface area contributed by atoms with E-state index in [1.165, 1.54) is 0 Å². The molecule has 4 aromatic rings. The highest BCUT2D eigenvalue weighted by Crippen LogP contribution is 2.36. The van der Waals surface area contributed by atoms with Crippen LogP contribution in [0.25, 0.3) is 11.1 Å². The normalized spacial score (nSPS) is 11.9. The van der Waals surface area contributed by atoms with Crippen LogP contribution in [-0.4, -0.2) is 58.2 Å². The Morgan fingerprint density at radius 2 is 1.74 bits per heavy atom. The third kappa shape index (κ3) is 8.70. The average Bonchev–Trinajstić information content (AvgIpc) is 3.43. The first-order valence-electron chi connectivity index (χ1n) is 14.5. The number of nitrogens with one attached hydrogen (secondary N) is 1. The molecule has 0 aliphatic carbocycles. The van der Waals surface area contributed by atoms with Crippen LogP contribution < -0.4 is 19.5 Å². The van der Waals surface area contributed by atoms with Crippen LogP contribution in [0.1, 0.15) is 41.3 Å². The van der Waals surface area contributed by atoms with Gasteiger partial charge in [0.05, 0.1) is 37.1 Å². The largest absolute Gasteiger partial charge is 0.496 e. The highest BCUT2D eigenvalue weighted by molar-refractivity contribution is 6.32. The Morgan fingerprint density at radius 3 is 2.49 bits per heavy atom. The second-order valence-electron chi connectivity index (χ2n) is 10.5. The van der Waals surface area contributed by atoms with Crippen LogP contribution in [0, 0.1) is 13.8 Å². The molecular weight excluding hydrogens is 568 g/mol. The van der Waals surface area contributed by atoms with Crippen molar-refractivity contribution in [3.8, 4) is 28.4 Å². The number of aryl methyl sites for hydroxylation is 1. The molecule has 0 radical (unpaired) electrons. The summed E-state index contributed by atoms with van der Waals surface area (Å²) in [7, 11) is 1.61. The quantitative estimate of drug-likeness (QED) is 0.147. The fraction of sp³-hybridized carbons (Fsp3) is 0.394. The fourth-order valence-corrected chi connectivity index (χ4v) is 5.16. The van der Waals surface area contributed by atoms with Crippen molar-refractivity contribution in [1.29, 1.82) is 0 Å².